The van der Waals surface area contributed by atoms with Gasteiger partial charge in [0.2, 0.25) is 5.78 Å². The van der Waals surface area contributed by atoms with Crippen molar-refractivity contribution in [1.82, 2.24) is 4.57 Å². The van der Waals surface area contributed by atoms with Crippen LogP contribution in [-0.2, 0) is 21.2 Å². The molecule has 3 rings (SSSR count). The summed E-state index contributed by atoms with van der Waals surface area (Å²) in [6.45, 7) is 0.606. The molecule has 2 heterocycles. The van der Waals surface area contributed by atoms with Crippen LogP contribution in [0.2, 0.25) is 0 Å². The number of aromatic nitrogens is 1. The SMILES string of the molecule is CS(=O)(=O)c1ccc(C(=O)c2ccc3n2CCCC3C(=O)O)cc1. The van der Waals surface area contributed by atoms with Crippen LogP contribution in [-0.4, -0.2) is 36.1 Å². The van der Waals surface area contributed by atoms with Gasteiger partial charge in [0, 0.05) is 24.1 Å². The normalized spacial score (nSPS) is 17.3. The summed E-state index contributed by atoms with van der Waals surface area (Å²) in [4.78, 5) is 24.2. The van der Waals surface area contributed by atoms with E-state index in [1.807, 2.05) is 0 Å². The van der Waals surface area contributed by atoms with E-state index in [-0.39, 0.29) is 10.7 Å². The fourth-order valence-electron chi connectivity index (χ4n) is 3.09. The van der Waals surface area contributed by atoms with E-state index in [1.54, 1.807) is 16.7 Å². The number of aliphatic carboxylic acids is 1. The first-order valence-electron chi connectivity index (χ1n) is 7.56. The lowest BCUT2D eigenvalue weighted by molar-refractivity contribution is -0.139. The summed E-state index contributed by atoms with van der Waals surface area (Å²) in [5.74, 6) is -1.72. The minimum absolute atomic E-state index is 0.155. The van der Waals surface area contributed by atoms with Gasteiger partial charge in [0.05, 0.1) is 16.5 Å². The van der Waals surface area contributed by atoms with Gasteiger partial charge in [-0.05, 0) is 49.2 Å². The minimum atomic E-state index is -3.31. The number of sulfone groups is 1. The molecular formula is C17H17NO5S. The van der Waals surface area contributed by atoms with Crippen LogP contribution in [0.3, 0.4) is 0 Å². The van der Waals surface area contributed by atoms with Crippen LogP contribution in [0.15, 0.2) is 41.3 Å². The molecule has 0 fully saturated rings. The van der Waals surface area contributed by atoms with Gasteiger partial charge in [-0.3, -0.25) is 9.59 Å². The van der Waals surface area contributed by atoms with Crippen molar-refractivity contribution in [2.75, 3.05) is 6.26 Å². The van der Waals surface area contributed by atoms with Gasteiger partial charge in [-0.15, -0.1) is 0 Å². The second kappa shape index (κ2) is 5.90. The van der Waals surface area contributed by atoms with E-state index in [4.69, 9.17) is 0 Å². The van der Waals surface area contributed by atoms with Gasteiger partial charge in [0.25, 0.3) is 0 Å². The number of carboxylic acid groups (broad SMARTS) is 1. The number of rotatable bonds is 4. The molecule has 1 aliphatic rings. The summed E-state index contributed by atoms with van der Waals surface area (Å²) in [5, 5.41) is 9.30. The zero-order chi connectivity index (χ0) is 17.5. The molecule has 0 saturated carbocycles. The maximum atomic E-state index is 12.7. The van der Waals surface area contributed by atoms with Crippen molar-refractivity contribution in [2.45, 2.75) is 30.2 Å². The highest BCUT2D eigenvalue weighted by atomic mass is 32.2. The molecule has 2 aromatic rings. The zero-order valence-electron chi connectivity index (χ0n) is 13.1. The fraction of sp³-hybridized carbons (Fsp3) is 0.294. The molecule has 126 valence electrons. The Morgan fingerprint density at radius 3 is 2.38 bits per heavy atom. The standard InChI is InChI=1S/C17H17NO5S/c1-24(22,23)12-6-4-11(5-7-12)16(19)15-9-8-14-13(17(20)21)3-2-10-18(14)15/h4-9,13H,2-3,10H2,1H3,(H,20,21). The van der Waals surface area contributed by atoms with Gasteiger partial charge in [-0.1, -0.05) is 0 Å². The number of nitrogens with zero attached hydrogens (tertiary/aromatic N) is 1. The van der Waals surface area contributed by atoms with Gasteiger partial charge in [0.1, 0.15) is 0 Å². The van der Waals surface area contributed by atoms with E-state index in [1.165, 1.54) is 24.3 Å². The molecule has 1 aromatic carbocycles. The molecule has 0 radical (unpaired) electrons. The zero-order valence-corrected chi connectivity index (χ0v) is 13.9. The molecule has 1 unspecified atom stereocenters. The maximum absolute atomic E-state index is 12.7. The summed E-state index contributed by atoms with van der Waals surface area (Å²) in [7, 11) is -3.31. The van der Waals surface area contributed by atoms with Crippen LogP contribution in [0.25, 0.3) is 0 Å². The molecule has 6 nitrogen and oxygen atoms in total. The minimum Gasteiger partial charge on any atom is -0.481 e. The first kappa shape index (κ1) is 16.4. The molecule has 0 amide bonds. The Morgan fingerprint density at radius 2 is 1.79 bits per heavy atom. The largest absolute Gasteiger partial charge is 0.481 e. The third-order valence-electron chi connectivity index (χ3n) is 4.32. The van der Waals surface area contributed by atoms with Crippen molar-refractivity contribution in [3.8, 4) is 0 Å². The quantitative estimate of drug-likeness (QED) is 0.855. The third-order valence-corrected chi connectivity index (χ3v) is 5.45. The van der Waals surface area contributed by atoms with Crippen LogP contribution < -0.4 is 0 Å². The fourth-order valence-corrected chi connectivity index (χ4v) is 3.72. The Labute approximate surface area is 139 Å². The predicted molar refractivity (Wildman–Crippen MR) is 87.0 cm³/mol. The van der Waals surface area contributed by atoms with Gasteiger partial charge in [-0.25, -0.2) is 8.42 Å². The molecule has 0 bridgehead atoms. The third kappa shape index (κ3) is 2.87. The number of hydrogen-bond acceptors (Lipinski definition) is 4. The number of ketones is 1. The molecule has 1 aliphatic heterocycles. The Hall–Kier alpha value is -2.41. The van der Waals surface area contributed by atoms with Crippen molar-refractivity contribution < 1.29 is 23.1 Å². The monoisotopic (exact) mass is 347 g/mol. The number of carbonyl (C=O) groups is 2. The number of carbonyl (C=O) groups excluding carboxylic acids is 1. The summed E-state index contributed by atoms with van der Waals surface area (Å²) >= 11 is 0. The van der Waals surface area contributed by atoms with Crippen molar-refractivity contribution in [3.63, 3.8) is 0 Å². The smallest absolute Gasteiger partial charge is 0.312 e. The molecule has 24 heavy (non-hydrogen) atoms. The number of carboxylic acids is 1. The first-order valence-corrected chi connectivity index (χ1v) is 9.45. The Morgan fingerprint density at radius 1 is 1.12 bits per heavy atom. The Bertz CT molecular complexity index is 909. The van der Waals surface area contributed by atoms with Crippen molar-refractivity contribution in [3.05, 3.63) is 53.3 Å². The summed E-state index contributed by atoms with van der Waals surface area (Å²) in [6.07, 6.45) is 2.38. The predicted octanol–water partition coefficient (Wildman–Crippen LogP) is 2.08. The van der Waals surface area contributed by atoms with Crippen LogP contribution in [0.5, 0.6) is 0 Å². The van der Waals surface area contributed by atoms with Crippen LogP contribution in [0.4, 0.5) is 0 Å². The second-order valence-corrected chi connectivity index (χ2v) is 7.97. The topological polar surface area (TPSA) is 93.4 Å². The van der Waals surface area contributed by atoms with E-state index in [9.17, 15) is 23.1 Å². The highest BCUT2D eigenvalue weighted by molar-refractivity contribution is 7.90. The van der Waals surface area contributed by atoms with E-state index in [0.717, 1.165) is 6.26 Å². The van der Waals surface area contributed by atoms with Crippen LogP contribution in [0.1, 0.15) is 40.5 Å². The Kier molecular flexibility index (Phi) is 4.04. The second-order valence-electron chi connectivity index (χ2n) is 5.95. The van der Waals surface area contributed by atoms with Crippen molar-refractivity contribution in [1.29, 1.82) is 0 Å². The van der Waals surface area contributed by atoms with Gasteiger partial charge < -0.3 is 9.67 Å². The average molecular weight is 347 g/mol. The lowest BCUT2D eigenvalue weighted by Gasteiger charge is -2.23. The number of benzene rings is 1. The first-order chi connectivity index (χ1) is 11.3. The Balaban J connectivity index is 1.96. The molecular weight excluding hydrogens is 330 g/mol. The highest BCUT2D eigenvalue weighted by Crippen LogP contribution is 2.30. The molecule has 0 saturated heterocycles. The van der Waals surface area contributed by atoms with Crippen molar-refractivity contribution in [2.24, 2.45) is 0 Å². The summed E-state index contributed by atoms with van der Waals surface area (Å²) in [5.41, 5.74) is 1.45. The van der Waals surface area contributed by atoms with Gasteiger partial charge >= 0.3 is 5.97 Å². The van der Waals surface area contributed by atoms with Crippen LogP contribution >= 0.6 is 0 Å². The average Bonchev–Trinajstić information content (AvgIpc) is 2.97. The summed E-state index contributed by atoms with van der Waals surface area (Å²) < 4.78 is 24.7. The molecule has 0 aliphatic carbocycles. The van der Waals surface area contributed by atoms with E-state index in [0.29, 0.717) is 36.3 Å². The molecule has 0 spiro atoms. The van der Waals surface area contributed by atoms with E-state index in [2.05, 4.69) is 0 Å². The highest BCUT2D eigenvalue weighted by Gasteiger charge is 2.29. The van der Waals surface area contributed by atoms with E-state index >= 15 is 0 Å². The summed E-state index contributed by atoms with van der Waals surface area (Å²) in [6, 6.07) is 9.11. The molecule has 7 heteroatoms. The molecule has 1 atom stereocenters. The van der Waals surface area contributed by atoms with Crippen LogP contribution in [0, 0.1) is 0 Å². The molecule has 1 N–H and O–H groups in total. The number of fused-ring (bicyclic) bond motifs is 1. The lowest BCUT2D eigenvalue weighted by Crippen LogP contribution is -2.23. The number of hydrogen-bond donors (Lipinski definition) is 1. The lowest BCUT2D eigenvalue weighted by atomic mass is 9.96. The van der Waals surface area contributed by atoms with E-state index < -0.39 is 21.7 Å². The van der Waals surface area contributed by atoms with Crippen molar-refractivity contribution >= 4 is 21.6 Å². The van der Waals surface area contributed by atoms with Gasteiger partial charge in [0.15, 0.2) is 9.84 Å². The maximum Gasteiger partial charge on any atom is 0.312 e. The van der Waals surface area contributed by atoms with Gasteiger partial charge in [-0.2, -0.15) is 0 Å². The molecule has 1 aromatic heterocycles.